The molecule has 14 N–H and O–H groups in total. The third-order valence-electron chi connectivity index (χ3n) is 19.8. The second-order valence-corrected chi connectivity index (χ2v) is 33.0. The van der Waals surface area contributed by atoms with Crippen molar-refractivity contribution in [2.45, 2.75) is 221 Å². The highest BCUT2D eigenvalue weighted by Crippen LogP contribution is 2.31. The number of benzene rings is 2. The Morgan fingerprint density at radius 3 is 1.87 bits per heavy atom. The Bertz CT molecular complexity index is 3640. The zero-order chi connectivity index (χ0) is 85.8. The number of carboxylic acid groups (broad SMARTS) is 3. The van der Waals surface area contributed by atoms with Crippen LogP contribution in [0.1, 0.15) is 171 Å². The normalized spacial score (nSPS) is 20.5. The predicted molar refractivity (Wildman–Crippen MR) is 441 cm³/mol. The number of carboxylic acids is 3. The lowest BCUT2D eigenvalue weighted by atomic mass is 9.95. The topological polar surface area (TPSA) is 512 Å². The van der Waals surface area contributed by atoms with Crippen LogP contribution >= 0.6 is 47.9 Å². The molecule has 0 aliphatic carbocycles. The van der Waals surface area contributed by atoms with Gasteiger partial charge in [-0.2, -0.15) is 47.9 Å². The predicted octanol–water partition coefficient (Wildman–Crippen LogP) is 3.00. The van der Waals surface area contributed by atoms with Crippen LogP contribution in [0.25, 0.3) is 0 Å². The summed E-state index contributed by atoms with van der Waals surface area (Å²) in [5.74, 6) is -12.7. The van der Waals surface area contributed by atoms with E-state index in [0.29, 0.717) is 93.3 Å². The Morgan fingerprint density at radius 1 is 0.650 bits per heavy atom. The number of thioether (sulfide) groups is 3. The van der Waals surface area contributed by atoms with Gasteiger partial charge in [-0.05, 0) is 99.1 Å². The highest BCUT2D eigenvalue weighted by molar-refractivity contribution is 7.99. The molecule has 9 amide bonds. The van der Waals surface area contributed by atoms with Crippen LogP contribution in [-0.2, 0) is 115 Å². The van der Waals surface area contributed by atoms with Gasteiger partial charge < -0.3 is 87.8 Å². The monoisotopic (exact) mass is 1710 g/mol. The lowest BCUT2D eigenvalue weighted by Crippen LogP contribution is -2.61. The molecule has 0 spiro atoms. The molecule has 117 heavy (non-hydrogen) atoms. The number of hydrogen-bond acceptors (Lipinski definition) is 25. The van der Waals surface area contributed by atoms with Gasteiger partial charge in [0.15, 0.2) is 11.6 Å². The molecule has 0 aromatic heterocycles. The molecule has 37 heteroatoms. The molecule has 0 saturated carbocycles. The van der Waals surface area contributed by atoms with Gasteiger partial charge in [0.05, 0.1) is 81.3 Å². The first-order valence-electron chi connectivity index (χ1n) is 40.1. The number of carbonyl (C=O) groups is 16. The van der Waals surface area contributed by atoms with Crippen LogP contribution in [0.5, 0.6) is 0 Å². The molecule has 2 fully saturated rings. The van der Waals surface area contributed by atoms with E-state index < -0.39 is 169 Å². The van der Waals surface area contributed by atoms with Crippen molar-refractivity contribution in [3.63, 3.8) is 0 Å². The number of aliphatic carboxylic acids is 3. The number of amides is 9. The number of nitrogens with zero attached hydrogens (tertiary/aromatic N) is 2. The summed E-state index contributed by atoms with van der Waals surface area (Å²) in [6, 6.07) is 4.99. The minimum Gasteiger partial charge on any atom is -0.481 e. The Kier molecular flexibility index (Phi) is 46.7. The van der Waals surface area contributed by atoms with Crippen molar-refractivity contribution in [1.82, 2.24) is 41.7 Å². The quantitative estimate of drug-likeness (QED) is 0.0334. The largest absolute Gasteiger partial charge is 0.481 e. The van der Waals surface area contributed by atoms with E-state index in [0.717, 1.165) is 29.5 Å². The second-order valence-electron chi connectivity index (χ2n) is 29.5. The van der Waals surface area contributed by atoms with Gasteiger partial charge in [-0.15, -0.1) is 0 Å². The molecule has 650 valence electrons. The van der Waals surface area contributed by atoms with Crippen LogP contribution in [0.15, 0.2) is 48.5 Å². The average molecular weight is 1720 g/mol. The summed E-state index contributed by atoms with van der Waals surface area (Å²) in [5, 5.41) is 55.2. The van der Waals surface area contributed by atoms with Gasteiger partial charge in [0.1, 0.15) is 35.7 Å². The average Bonchev–Trinajstić information content (AvgIpc) is 1.66. The first-order valence-corrected chi connectivity index (χ1v) is 44.1. The van der Waals surface area contributed by atoms with Crippen molar-refractivity contribution in [3.8, 4) is 0 Å². The standard InChI is InChI=1S/C80H118N10O23S4/c1-3-4-6-16-59(93)39-56-48-116-46-53-35-52(45-115-34-11-17-58(92)20-23-69(97)83-24-12-28-111-30-32-113-33-31-112-29-13-25-84-73(102)55(44-114)40-66(94)63(43-71(100)101)86-74(103)60(81)42-70(98)99)36-54(37-53)47-117-49-57(80(109)110)41-67(95)62(38-51-14-7-5-8-15-51)87-75(104)61(21-22-68(82)96)85-77(106)72(50(2)91)88-76(105)64-18-9-26-89(64)79(108)65-19-10-27-90(65)78(56)107/h5,7-8,14-15,35-37,50,55-57,60-65,72,91,114H,3-4,6,9-13,16-34,38-49,81H2,1-2H3,(H2,82,96)(H,83,97)(H,84,102)(H,85,106)(H,86,103)(H,87,104)(H,88,105)(H,98,99)(H,100,101)(H,109,110)/t50-,55+,56+,57+,60+,61+,62+,63+,64+,65+,72+/m1/s1. The van der Waals surface area contributed by atoms with E-state index >= 15 is 0 Å². The summed E-state index contributed by atoms with van der Waals surface area (Å²) in [6.07, 6.45) is 0.897. The Balaban J connectivity index is 1.14. The lowest BCUT2D eigenvalue weighted by Gasteiger charge is -2.33. The van der Waals surface area contributed by atoms with Crippen LogP contribution in [0.2, 0.25) is 0 Å². The highest BCUT2D eigenvalue weighted by Gasteiger charge is 2.45. The van der Waals surface area contributed by atoms with E-state index in [1.54, 1.807) is 42.1 Å². The highest BCUT2D eigenvalue weighted by atomic mass is 32.2. The zero-order valence-electron chi connectivity index (χ0n) is 66.8. The summed E-state index contributed by atoms with van der Waals surface area (Å²) in [7, 11) is 0. The number of thiol groups is 1. The maximum atomic E-state index is 14.9. The smallest absolute Gasteiger partial charge is 0.307 e. The lowest BCUT2D eigenvalue weighted by molar-refractivity contribution is -0.148. The third kappa shape index (κ3) is 37.8. The van der Waals surface area contributed by atoms with Gasteiger partial charge in [-0.1, -0.05) is 68.3 Å². The van der Waals surface area contributed by atoms with Crippen molar-refractivity contribution in [2.75, 3.05) is 88.8 Å². The van der Waals surface area contributed by atoms with Gasteiger partial charge in [0.2, 0.25) is 53.2 Å². The summed E-state index contributed by atoms with van der Waals surface area (Å²) in [5.41, 5.74) is 14.3. The third-order valence-corrected chi connectivity index (χ3v) is 23.7. The van der Waals surface area contributed by atoms with Gasteiger partial charge >= 0.3 is 17.9 Å². The number of Topliss-reactive ketones (excluding diaryl/α,β-unsaturated/α-hetero) is 4. The van der Waals surface area contributed by atoms with Crippen LogP contribution in [0.4, 0.5) is 0 Å². The van der Waals surface area contributed by atoms with Crippen LogP contribution in [0, 0.1) is 17.8 Å². The molecule has 3 heterocycles. The fraction of sp³-hybridized carbons (Fsp3) is 0.650. The molecule has 33 nitrogen and oxygen atoms in total. The molecule has 11 atom stereocenters. The van der Waals surface area contributed by atoms with Crippen molar-refractivity contribution in [1.29, 1.82) is 0 Å². The maximum Gasteiger partial charge on any atom is 0.307 e. The van der Waals surface area contributed by atoms with E-state index in [1.807, 2.05) is 25.1 Å². The number of rotatable bonds is 47. The number of ether oxygens (including phenoxy) is 3. The summed E-state index contributed by atoms with van der Waals surface area (Å²) in [4.78, 5) is 215. The second kappa shape index (κ2) is 54.9. The van der Waals surface area contributed by atoms with Crippen molar-refractivity contribution >= 4 is 142 Å². The van der Waals surface area contributed by atoms with Crippen LogP contribution in [0.3, 0.4) is 0 Å². The number of nitrogens with two attached hydrogens (primary N) is 2. The number of unbranched alkanes of at least 4 members (excludes halogenated alkanes) is 2. The van der Waals surface area contributed by atoms with Crippen LogP contribution < -0.4 is 43.4 Å². The zero-order valence-corrected chi connectivity index (χ0v) is 70.2. The molecule has 0 radical (unpaired) electrons. The van der Waals surface area contributed by atoms with Crippen molar-refractivity contribution in [3.05, 3.63) is 70.8 Å². The number of ketones is 4. The number of fused-ring (bicyclic) bond motifs is 4. The number of aliphatic hydroxyl groups excluding tert-OH is 1. The molecule has 3 aliphatic heterocycles. The van der Waals surface area contributed by atoms with Crippen molar-refractivity contribution < 1.29 is 111 Å². The molecular weight excluding hydrogens is 1600 g/mol. The molecule has 2 bridgehead atoms. The fourth-order valence-corrected chi connectivity index (χ4v) is 16.8. The molecule has 2 aromatic rings. The van der Waals surface area contributed by atoms with E-state index in [2.05, 4.69) is 44.5 Å². The molecule has 2 aromatic carbocycles. The van der Waals surface area contributed by atoms with E-state index in [4.69, 9.17) is 30.8 Å². The van der Waals surface area contributed by atoms with E-state index in [-0.39, 0.29) is 138 Å². The summed E-state index contributed by atoms with van der Waals surface area (Å²) in [6.45, 7) is 5.92. The summed E-state index contributed by atoms with van der Waals surface area (Å²) >= 11 is 8.50. The maximum absolute atomic E-state index is 14.9. The number of primary amides is 1. The SMILES string of the molecule is CCCCCC(=O)C[C@H]1CSCc2cc(CSCCCC(=O)CCC(=O)NCCCOCCOCCOCCCNC(=O)[C@H](CS)CC(=O)[C@H](CC(=O)O)NC(=O)[C@@H](N)CC(=O)O)cc(c2)CSC[C@@H](C(=O)O)CC(=O)[C@H](Cc2ccccc2)NC(=O)[C@H](CCC(N)=O)NC(=O)[C@H]([C@@H](C)O)NC(=O)[C@@H]2CCCN2C(=O)[C@@H]2CCCN2C1=O. The Morgan fingerprint density at radius 2 is 1.26 bits per heavy atom. The van der Waals surface area contributed by atoms with Gasteiger partial charge in [-0.3, -0.25) is 76.7 Å². The van der Waals surface area contributed by atoms with Gasteiger partial charge in [-0.25, -0.2) is 0 Å². The molecule has 2 saturated heterocycles. The van der Waals surface area contributed by atoms with Crippen molar-refractivity contribution in [2.24, 2.45) is 29.2 Å². The molecular formula is C80H118N10O23S4. The minimum atomic E-state index is -1.69. The number of hydrogen-bond donors (Lipinski definition) is 13. The Labute approximate surface area is 700 Å². The van der Waals surface area contributed by atoms with E-state index in [9.17, 15) is 92.0 Å². The van der Waals surface area contributed by atoms with Crippen LogP contribution in [-0.4, -0.2) is 262 Å². The number of carbonyl (C=O) groups excluding carboxylic acids is 13. The van der Waals surface area contributed by atoms with E-state index in [1.165, 1.54) is 40.2 Å². The Hall–Kier alpha value is -8.04. The first-order chi connectivity index (χ1) is 56.0. The molecule has 0 unspecified atom stereocenters. The van der Waals surface area contributed by atoms with Gasteiger partial charge in [0, 0.05) is 125 Å². The van der Waals surface area contributed by atoms with Gasteiger partial charge in [0.25, 0.3) is 0 Å². The number of nitrogens with one attached hydrogen (secondary N) is 6. The molecule has 5 rings (SSSR count). The minimum absolute atomic E-state index is 0.0236. The summed E-state index contributed by atoms with van der Waals surface area (Å²) < 4.78 is 16.7. The fourth-order valence-electron chi connectivity index (χ4n) is 13.5. The number of aliphatic hydroxyl groups is 1. The first kappa shape index (κ1) is 99.5. The molecule has 3 aliphatic rings.